The van der Waals surface area contributed by atoms with E-state index >= 15 is 0 Å². The molecule has 1 atom stereocenters. The van der Waals surface area contributed by atoms with E-state index in [1.54, 1.807) is 12.1 Å². The van der Waals surface area contributed by atoms with Crippen molar-refractivity contribution in [2.75, 3.05) is 6.61 Å². The second-order valence-electron chi connectivity index (χ2n) is 6.39. The van der Waals surface area contributed by atoms with Crippen LogP contribution in [0.15, 0.2) is 52.4 Å². The lowest BCUT2D eigenvalue weighted by atomic mass is 9.85. The van der Waals surface area contributed by atoms with Gasteiger partial charge in [0.2, 0.25) is 0 Å². The van der Waals surface area contributed by atoms with Gasteiger partial charge in [0, 0.05) is 17.4 Å². The highest BCUT2D eigenvalue weighted by Crippen LogP contribution is 2.36. The number of hydrogen-bond acceptors (Lipinski definition) is 3. The molecule has 0 aromatic heterocycles. The summed E-state index contributed by atoms with van der Waals surface area (Å²) in [5.74, 6) is -3.38. The summed E-state index contributed by atoms with van der Waals surface area (Å²) >= 11 is 0. The molecule has 1 heterocycles. The van der Waals surface area contributed by atoms with Crippen LogP contribution in [0.25, 0.3) is 0 Å². The summed E-state index contributed by atoms with van der Waals surface area (Å²) in [5, 5.41) is 12.1. The molecule has 1 aliphatic heterocycles. The molecule has 0 saturated carbocycles. The summed E-state index contributed by atoms with van der Waals surface area (Å²) < 4.78 is 40.4. The summed E-state index contributed by atoms with van der Waals surface area (Å²) in [6.45, 7) is 3.84. The second-order valence-corrected chi connectivity index (χ2v) is 6.39. The molecule has 0 saturated heterocycles. The van der Waals surface area contributed by atoms with Crippen molar-refractivity contribution in [3.8, 4) is 0 Å². The lowest BCUT2D eigenvalue weighted by Crippen LogP contribution is -2.24. The van der Waals surface area contributed by atoms with E-state index in [-0.39, 0.29) is 24.1 Å². The Kier molecular flexibility index (Phi) is 3.80. The van der Waals surface area contributed by atoms with Gasteiger partial charge in [0.15, 0.2) is 11.7 Å². The molecule has 3 nitrogen and oxygen atoms in total. The minimum atomic E-state index is -1.44. The fourth-order valence-electron chi connectivity index (χ4n) is 2.63. The zero-order valence-corrected chi connectivity index (χ0v) is 12.8. The summed E-state index contributed by atoms with van der Waals surface area (Å²) in [5.41, 5.74) is 1.24. The van der Waals surface area contributed by atoms with Crippen molar-refractivity contribution < 1.29 is 18.3 Å². The van der Waals surface area contributed by atoms with E-state index in [2.05, 4.69) is 10.3 Å². The van der Waals surface area contributed by atoms with Gasteiger partial charge >= 0.3 is 0 Å². The van der Waals surface area contributed by atoms with E-state index in [0.29, 0.717) is 11.4 Å². The molecular formula is C17H17F3N2O. The maximum Gasteiger partial charge on any atom is 0.192 e. The predicted octanol–water partition coefficient (Wildman–Crippen LogP) is 3.41. The Bertz CT molecular complexity index is 733. The van der Waals surface area contributed by atoms with Crippen molar-refractivity contribution in [3.05, 3.63) is 58.6 Å². The Morgan fingerprint density at radius 2 is 1.83 bits per heavy atom. The van der Waals surface area contributed by atoms with Gasteiger partial charge in [-0.1, -0.05) is 38.1 Å². The third-order valence-electron chi connectivity index (χ3n) is 4.25. The lowest BCUT2D eigenvalue weighted by Gasteiger charge is -2.22. The molecule has 3 rings (SSSR count). The van der Waals surface area contributed by atoms with Crippen molar-refractivity contribution >= 4 is 5.84 Å². The number of rotatable bonds is 3. The first-order valence-electron chi connectivity index (χ1n) is 7.34. The quantitative estimate of drug-likeness (QED) is 0.896. The molecule has 1 aromatic rings. The number of halogens is 3. The van der Waals surface area contributed by atoms with E-state index in [1.807, 2.05) is 26.0 Å². The first kappa shape index (κ1) is 15.8. The molecular weight excluding hydrogens is 305 g/mol. The largest absolute Gasteiger partial charge is 0.395 e. The van der Waals surface area contributed by atoms with E-state index in [4.69, 9.17) is 0 Å². The Morgan fingerprint density at radius 1 is 1.17 bits per heavy atom. The Labute approximate surface area is 132 Å². The van der Waals surface area contributed by atoms with Gasteiger partial charge in [0.25, 0.3) is 0 Å². The van der Waals surface area contributed by atoms with Gasteiger partial charge in [-0.2, -0.15) is 0 Å². The molecule has 0 bridgehead atoms. The summed E-state index contributed by atoms with van der Waals surface area (Å²) in [4.78, 5) is 4.25. The number of allylic oxidation sites excluding steroid dienone is 2. The normalized spacial score (nSPS) is 21.3. The summed E-state index contributed by atoms with van der Waals surface area (Å²) in [7, 11) is 0. The summed E-state index contributed by atoms with van der Waals surface area (Å²) in [6, 6.07) is 6.52. The standard InChI is InChI=1S/C17H17F3N2O/c1-17(2,8-23)10-5-3-9(4-6-10)16-21-12-7-11(18)13(19)14(20)15(12)22-16/h3-6,12,23H,7-8H2,1-2H3,(H,21,22). The van der Waals surface area contributed by atoms with Gasteiger partial charge in [-0.15, -0.1) is 0 Å². The average molecular weight is 322 g/mol. The average Bonchev–Trinajstić information content (AvgIpc) is 2.97. The minimum Gasteiger partial charge on any atom is -0.395 e. The van der Waals surface area contributed by atoms with E-state index < -0.39 is 23.5 Å². The number of amidine groups is 1. The number of aliphatic imine (C=N–C) groups is 1. The van der Waals surface area contributed by atoms with Crippen LogP contribution in [0.4, 0.5) is 13.2 Å². The number of hydrogen-bond donors (Lipinski definition) is 2. The fourth-order valence-corrected chi connectivity index (χ4v) is 2.63. The van der Waals surface area contributed by atoms with Crippen LogP contribution in [0.1, 0.15) is 31.4 Å². The number of nitrogens with zero attached hydrogens (tertiary/aromatic N) is 1. The smallest absolute Gasteiger partial charge is 0.192 e. The van der Waals surface area contributed by atoms with Crippen molar-refractivity contribution in [3.63, 3.8) is 0 Å². The molecule has 122 valence electrons. The maximum absolute atomic E-state index is 13.8. The molecule has 2 N–H and O–H groups in total. The van der Waals surface area contributed by atoms with Crippen LogP contribution >= 0.6 is 0 Å². The number of fused-ring (bicyclic) bond motifs is 1. The number of aliphatic hydroxyl groups excluding tert-OH is 1. The Morgan fingerprint density at radius 3 is 2.43 bits per heavy atom. The number of benzene rings is 1. The van der Waals surface area contributed by atoms with Crippen LogP contribution in [0.2, 0.25) is 0 Å². The van der Waals surface area contributed by atoms with Crippen molar-refractivity contribution in [2.24, 2.45) is 4.99 Å². The van der Waals surface area contributed by atoms with E-state index in [1.165, 1.54) is 0 Å². The number of nitrogens with one attached hydrogen (secondary N) is 1. The zero-order chi connectivity index (χ0) is 16.8. The molecule has 6 heteroatoms. The van der Waals surface area contributed by atoms with E-state index in [0.717, 1.165) is 5.56 Å². The third kappa shape index (κ3) is 2.67. The van der Waals surface area contributed by atoms with Crippen molar-refractivity contribution in [2.45, 2.75) is 31.7 Å². The van der Waals surface area contributed by atoms with Gasteiger partial charge in [-0.3, -0.25) is 4.99 Å². The second kappa shape index (κ2) is 5.53. The topological polar surface area (TPSA) is 44.6 Å². The van der Waals surface area contributed by atoms with Crippen LogP contribution in [0.3, 0.4) is 0 Å². The molecule has 0 fully saturated rings. The first-order valence-corrected chi connectivity index (χ1v) is 7.34. The molecule has 2 aliphatic rings. The minimum absolute atomic E-state index is 0.00986. The third-order valence-corrected chi connectivity index (χ3v) is 4.25. The molecule has 1 aromatic carbocycles. The lowest BCUT2D eigenvalue weighted by molar-refractivity contribution is 0.218. The Balaban J connectivity index is 1.87. The summed E-state index contributed by atoms with van der Waals surface area (Å²) in [6.07, 6.45) is -0.277. The van der Waals surface area contributed by atoms with Gasteiger partial charge in [0.05, 0.1) is 12.3 Å². The van der Waals surface area contributed by atoms with Crippen LogP contribution in [-0.2, 0) is 5.41 Å². The molecule has 23 heavy (non-hydrogen) atoms. The van der Waals surface area contributed by atoms with Crippen LogP contribution < -0.4 is 5.32 Å². The van der Waals surface area contributed by atoms with Crippen LogP contribution in [0, 0.1) is 0 Å². The van der Waals surface area contributed by atoms with Gasteiger partial charge in [0.1, 0.15) is 17.7 Å². The predicted molar refractivity (Wildman–Crippen MR) is 82.0 cm³/mol. The molecule has 0 spiro atoms. The highest BCUT2D eigenvalue weighted by molar-refractivity contribution is 6.02. The molecule has 1 aliphatic carbocycles. The van der Waals surface area contributed by atoms with Gasteiger partial charge in [-0.05, 0) is 5.56 Å². The molecule has 0 amide bonds. The van der Waals surface area contributed by atoms with Gasteiger partial charge in [-0.25, -0.2) is 13.2 Å². The van der Waals surface area contributed by atoms with E-state index in [9.17, 15) is 18.3 Å². The van der Waals surface area contributed by atoms with Crippen molar-refractivity contribution in [1.82, 2.24) is 5.32 Å². The molecule has 1 unspecified atom stereocenters. The highest BCUT2D eigenvalue weighted by Gasteiger charge is 2.35. The van der Waals surface area contributed by atoms with Crippen LogP contribution in [-0.4, -0.2) is 23.6 Å². The van der Waals surface area contributed by atoms with Gasteiger partial charge < -0.3 is 10.4 Å². The van der Waals surface area contributed by atoms with Crippen LogP contribution in [0.5, 0.6) is 0 Å². The monoisotopic (exact) mass is 322 g/mol. The maximum atomic E-state index is 13.8. The first-order chi connectivity index (χ1) is 10.8. The fraction of sp³-hybridized carbons (Fsp3) is 0.353. The van der Waals surface area contributed by atoms with Crippen molar-refractivity contribution in [1.29, 1.82) is 0 Å². The Hall–Kier alpha value is -2.08. The highest BCUT2D eigenvalue weighted by atomic mass is 19.2. The zero-order valence-electron chi connectivity index (χ0n) is 12.8. The molecule has 0 radical (unpaired) electrons. The number of aliphatic hydroxyl groups is 1. The SMILES string of the molecule is CC(C)(CO)c1ccc(C2=NC3CC(F)=C(F)C(F)=C3N2)cc1.